The summed E-state index contributed by atoms with van der Waals surface area (Å²) >= 11 is 4.17. The highest BCUT2D eigenvalue weighted by molar-refractivity contribution is 7.88. The maximum atomic E-state index is 14.3. The molecule has 2 unspecified atom stereocenters. The summed E-state index contributed by atoms with van der Waals surface area (Å²) in [6, 6.07) is 26.8. The minimum absolute atomic E-state index is 0.00299. The Morgan fingerprint density at radius 2 is 1.34 bits per heavy atom. The van der Waals surface area contributed by atoms with E-state index in [0.717, 1.165) is 49.4 Å². The van der Waals surface area contributed by atoms with Gasteiger partial charge < -0.3 is 29.3 Å². The normalized spacial score (nSPS) is 18.8. The molecule has 0 aromatic heterocycles. The average molecular weight is 982 g/mol. The fourth-order valence-electron chi connectivity index (χ4n) is 10.0. The van der Waals surface area contributed by atoms with E-state index in [1.54, 1.807) is 42.2 Å². The Morgan fingerprint density at radius 1 is 0.721 bits per heavy atom. The van der Waals surface area contributed by atoms with Crippen molar-refractivity contribution in [2.75, 3.05) is 42.2 Å². The van der Waals surface area contributed by atoms with Crippen molar-refractivity contribution >= 4 is 67.6 Å². The number of methoxy groups -OCH3 is 1. The zero-order chi connectivity index (χ0) is 48.1. The van der Waals surface area contributed by atoms with Crippen molar-refractivity contribution in [2.45, 2.75) is 81.2 Å². The highest BCUT2D eigenvalue weighted by Gasteiger charge is 2.48. The maximum Gasteiger partial charge on any atom is 0.279 e. The molecule has 0 bridgehead atoms. The van der Waals surface area contributed by atoms with E-state index in [0.29, 0.717) is 69.2 Å². The number of fused-ring (bicyclic) bond motifs is 8. The molecule has 0 saturated carbocycles. The maximum absolute atomic E-state index is 14.3. The first-order valence-electron chi connectivity index (χ1n) is 22.2. The van der Waals surface area contributed by atoms with Crippen LogP contribution in [0.5, 0.6) is 17.2 Å². The third kappa shape index (κ3) is 8.83. The fourth-order valence-corrected chi connectivity index (χ4v) is 12.6. The highest BCUT2D eigenvalue weighted by Crippen LogP contribution is 2.43. The van der Waals surface area contributed by atoms with Crippen LogP contribution in [0.15, 0.2) is 91.0 Å². The van der Waals surface area contributed by atoms with Crippen LogP contribution in [-0.2, 0) is 72.3 Å². The molecule has 0 radical (unpaired) electrons. The lowest BCUT2D eigenvalue weighted by molar-refractivity contribution is -0.116. The van der Waals surface area contributed by atoms with E-state index in [-0.39, 0.29) is 55.4 Å². The quantitative estimate of drug-likeness (QED) is 0.0832. The van der Waals surface area contributed by atoms with Gasteiger partial charge in [0.2, 0.25) is 5.91 Å². The molecule has 15 nitrogen and oxygen atoms in total. The topological polar surface area (TPSA) is 184 Å². The first kappa shape index (κ1) is 47.2. The van der Waals surface area contributed by atoms with E-state index in [1.165, 1.54) is 7.11 Å². The van der Waals surface area contributed by atoms with E-state index in [1.807, 2.05) is 59.5 Å². The summed E-state index contributed by atoms with van der Waals surface area (Å²) in [6.45, 7) is 1.70. The molecule has 1 N–H and O–H groups in total. The van der Waals surface area contributed by atoms with Crippen molar-refractivity contribution in [3.63, 3.8) is 0 Å². The Bertz CT molecular complexity index is 3070. The molecule has 0 spiro atoms. The van der Waals surface area contributed by atoms with Gasteiger partial charge in [-0.25, -0.2) is 0 Å². The second-order valence-electron chi connectivity index (χ2n) is 17.4. The molecule has 4 atom stereocenters. The molecule has 0 aliphatic carbocycles. The molecule has 9 rings (SSSR count). The first-order valence-corrected chi connectivity index (χ1v) is 25.8. The molecule has 5 aromatic carbocycles. The summed E-state index contributed by atoms with van der Waals surface area (Å²) in [5.41, 5.74) is 7.83. The van der Waals surface area contributed by atoms with Crippen LogP contribution in [-0.4, -0.2) is 84.2 Å². The van der Waals surface area contributed by atoms with Crippen LogP contribution < -0.4 is 29.3 Å². The zero-order valence-electron chi connectivity index (χ0n) is 37.9. The van der Waals surface area contributed by atoms with Gasteiger partial charge in [0.05, 0.1) is 27.4 Å². The summed E-state index contributed by atoms with van der Waals surface area (Å²) in [5, 5.41) is 0.135. The van der Waals surface area contributed by atoms with Crippen LogP contribution in [0.3, 0.4) is 0 Å². The third-order valence-electron chi connectivity index (χ3n) is 13.3. The monoisotopic (exact) mass is 981 g/mol. The van der Waals surface area contributed by atoms with Gasteiger partial charge in [-0.2, -0.15) is 29.5 Å². The number of benzene rings is 5. The molecule has 0 saturated heterocycles. The lowest BCUT2D eigenvalue weighted by Crippen LogP contribution is -2.47. The molecular weight excluding hydrogens is 931 g/mol. The molecule has 356 valence electrons. The number of aryl methyl sites for hydroxylation is 2. The van der Waals surface area contributed by atoms with Crippen LogP contribution in [0.4, 0.5) is 17.1 Å². The third-order valence-corrected chi connectivity index (χ3v) is 16.9. The number of amides is 3. The van der Waals surface area contributed by atoms with Crippen LogP contribution in [0.2, 0.25) is 0 Å². The fraction of sp³-hybridized carbons (Fsp3) is 0.340. The minimum Gasteiger partial charge on any atom is -0.493 e. The van der Waals surface area contributed by atoms with Gasteiger partial charge in [0.25, 0.3) is 32.1 Å². The number of hydrogen-bond acceptors (Lipinski definition) is 13. The predicted molar refractivity (Wildman–Crippen MR) is 259 cm³/mol. The SMILES string of the molecule is COc1cc2c(cc1OCc1cc(COc3cc4c(cc3C)C(=O)N3c5ccccc5C[C@H]3C(S(=O)(=O)OC)C4)cc(NC(=O)C(CCS)S(=O)(=O)OC)c1)CC[C@@H]1Cc3ccccc3N1C2=O. The van der Waals surface area contributed by atoms with Crippen molar-refractivity contribution in [3.8, 4) is 17.2 Å². The Kier molecular flexibility index (Phi) is 13.1. The highest BCUT2D eigenvalue weighted by atomic mass is 32.2. The van der Waals surface area contributed by atoms with Crippen molar-refractivity contribution in [1.82, 2.24) is 0 Å². The second kappa shape index (κ2) is 18.9. The van der Waals surface area contributed by atoms with Gasteiger partial charge in [-0.05, 0) is 145 Å². The molecule has 68 heavy (non-hydrogen) atoms. The van der Waals surface area contributed by atoms with E-state index < -0.39 is 42.7 Å². The number of anilines is 3. The molecule has 18 heteroatoms. The Morgan fingerprint density at radius 3 is 2.00 bits per heavy atom. The average Bonchev–Trinajstić information content (AvgIpc) is 3.84. The molecule has 4 aliphatic heterocycles. The Labute approximate surface area is 401 Å². The molecule has 3 amide bonds. The number of para-hydroxylation sites is 2. The van der Waals surface area contributed by atoms with Gasteiger partial charge in [0, 0.05) is 34.2 Å². The van der Waals surface area contributed by atoms with E-state index in [9.17, 15) is 31.2 Å². The lowest BCUT2D eigenvalue weighted by atomic mass is 9.97. The summed E-state index contributed by atoms with van der Waals surface area (Å²) in [6.07, 6.45) is 2.43. The largest absolute Gasteiger partial charge is 0.493 e. The number of carbonyl (C=O) groups excluding carboxylic acids is 3. The van der Waals surface area contributed by atoms with Crippen molar-refractivity contribution in [1.29, 1.82) is 0 Å². The number of hydrogen-bond donors (Lipinski definition) is 2. The van der Waals surface area contributed by atoms with Gasteiger partial charge in [-0.15, -0.1) is 0 Å². The van der Waals surface area contributed by atoms with Crippen LogP contribution in [0.1, 0.15) is 72.5 Å². The van der Waals surface area contributed by atoms with E-state index >= 15 is 0 Å². The van der Waals surface area contributed by atoms with Crippen molar-refractivity contribution < 1.29 is 53.8 Å². The number of rotatable bonds is 15. The van der Waals surface area contributed by atoms with Gasteiger partial charge >= 0.3 is 0 Å². The Hall–Kier alpha value is -5.92. The van der Waals surface area contributed by atoms with Crippen molar-refractivity contribution in [2.24, 2.45) is 0 Å². The van der Waals surface area contributed by atoms with Gasteiger partial charge in [0.1, 0.15) is 24.2 Å². The number of nitrogens with one attached hydrogen (secondary N) is 1. The Balaban J connectivity index is 1.01. The van der Waals surface area contributed by atoms with Crippen molar-refractivity contribution in [3.05, 3.63) is 141 Å². The smallest absolute Gasteiger partial charge is 0.279 e. The van der Waals surface area contributed by atoms with Crippen LogP contribution in [0.25, 0.3) is 0 Å². The summed E-state index contributed by atoms with van der Waals surface area (Å²) < 4.78 is 81.1. The summed E-state index contributed by atoms with van der Waals surface area (Å²) in [5.74, 6) is 0.0267. The molecular formula is C50H51N3O12S3. The number of ether oxygens (including phenoxy) is 3. The lowest BCUT2D eigenvalue weighted by Gasteiger charge is -2.28. The predicted octanol–water partition coefficient (Wildman–Crippen LogP) is 6.75. The first-order chi connectivity index (χ1) is 32.6. The van der Waals surface area contributed by atoms with Gasteiger partial charge in [-0.1, -0.05) is 36.4 Å². The summed E-state index contributed by atoms with van der Waals surface area (Å²) in [7, 11) is -4.76. The van der Waals surface area contributed by atoms with E-state index in [4.69, 9.17) is 22.6 Å². The zero-order valence-corrected chi connectivity index (χ0v) is 40.4. The second-order valence-corrected chi connectivity index (χ2v) is 21.6. The number of nitrogens with zero attached hydrogens (tertiary/aromatic N) is 2. The standard InChI is InChI=1S/C50H51N3O12S3/c1-29-17-38-35(25-47(68(59,60)63-4)42-22-34-10-6-8-12-41(34)53(42)50(38)56)24-43(29)64-27-30-18-31(20-36(19-30)51-48(54)46(15-16-66)67(57,58)62-3)28-65-45-23-32-13-14-37-21-33-9-5-7-11-40(33)52(37)49(55)39(32)26-44(45)61-2/h5-12,17-20,23-24,26,37,42,46-47,66H,13-16,21-22,25,27-28H2,1-4H3,(H,51,54)/t37-,42+,46?,47?/m1/s1. The summed E-state index contributed by atoms with van der Waals surface area (Å²) in [4.78, 5) is 45.5. The van der Waals surface area contributed by atoms with Crippen LogP contribution >= 0.6 is 12.6 Å². The molecule has 4 aliphatic rings. The van der Waals surface area contributed by atoms with Gasteiger partial charge in [0.15, 0.2) is 16.7 Å². The van der Waals surface area contributed by atoms with Gasteiger partial charge in [-0.3, -0.25) is 22.7 Å². The van der Waals surface area contributed by atoms with Crippen LogP contribution in [0, 0.1) is 6.92 Å². The number of thiol groups is 1. The number of carbonyl (C=O) groups is 3. The van der Waals surface area contributed by atoms with E-state index in [2.05, 4.69) is 24.0 Å². The molecule has 5 aromatic rings. The molecule has 0 fully saturated rings. The minimum atomic E-state index is -4.27. The molecule has 4 heterocycles.